The molecule has 3 aromatic rings. The van der Waals surface area contributed by atoms with E-state index in [-0.39, 0.29) is 12.0 Å². The lowest BCUT2D eigenvalue weighted by Crippen LogP contribution is -2.09. The summed E-state index contributed by atoms with van der Waals surface area (Å²) in [4.78, 5) is 29.8. The van der Waals surface area contributed by atoms with E-state index in [2.05, 4.69) is 15.3 Å². The van der Waals surface area contributed by atoms with Gasteiger partial charge < -0.3 is 24.9 Å². The molecule has 2 aromatic heterocycles. The Morgan fingerprint density at radius 2 is 1.82 bits per heavy atom. The zero-order valence-corrected chi connectivity index (χ0v) is 19.6. The number of nitrogens with one attached hydrogen (secondary N) is 2. The van der Waals surface area contributed by atoms with Gasteiger partial charge in [-0.1, -0.05) is 42.5 Å². The van der Waals surface area contributed by atoms with Gasteiger partial charge in [0.1, 0.15) is 0 Å². The standard InChI is InChI=1S/C23H25Cl2N3O5/c1-32-18-9-8-14-17(27-22-15(24)12-26-13-16(22)25)11-19(29)28-21(14)23(18)33-10-6-4-2-3-5-7-20(30)31/h8-9,11-13H,2-7,10H2,1H3,(H,30,31)(H2,26,27,28,29). The zero-order chi connectivity index (χ0) is 23.8. The Kier molecular flexibility index (Phi) is 8.79. The van der Waals surface area contributed by atoms with Gasteiger partial charge in [0.25, 0.3) is 5.56 Å². The number of pyridine rings is 2. The van der Waals surface area contributed by atoms with Crippen LogP contribution in [0.3, 0.4) is 0 Å². The highest BCUT2D eigenvalue weighted by molar-refractivity contribution is 6.39. The number of unbranched alkanes of at least 4 members (excludes halogenated alkanes) is 4. The molecule has 2 heterocycles. The number of ether oxygens (including phenoxy) is 2. The summed E-state index contributed by atoms with van der Waals surface area (Å²) in [5.41, 5.74) is 1.12. The van der Waals surface area contributed by atoms with Gasteiger partial charge in [0.2, 0.25) is 0 Å². The lowest BCUT2D eigenvalue weighted by atomic mass is 10.1. The number of aromatic nitrogens is 2. The van der Waals surface area contributed by atoms with E-state index >= 15 is 0 Å². The molecule has 0 bridgehead atoms. The van der Waals surface area contributed by atoms with Crippen LogP contribution in [0.5, 0.6) is 11.5 Å². The van der Waals surface area contributed by atoms with Crippen LogP contribution in [0, 0.1) is 0 Å². The Morgan fingerprint density at radius 3 is 2.52 bits per heavy atom. The number of benzene rings is 1. The molecule has 33 heavy (non-hydrogen) atoms. The van der Waals surface area contributed by atoms with Gasteiger partial charge in [-0.3, -0.25) is 14.6 Å². The Balaban J connectivity index is 1.79. The fourth-order valence-electron chi connectivity index (χ4n) is 3.44. The Morgan fingerprint density at radius 1 is 1.12 bits per heavy atom. The minimum atomic E-state index is -0.766. The van der Waals surface area contributed by atoms with Gasteiger partial charge in [-0.15, -0.1) is 0 Å². The highest BCUT2D eigenvalue weighted by Gasteiger charge is 2.16. The van der Waals surface area contributed by atoms with Gasteiger partial charge in [-0.05, 0) is 25.0 Å². The minimum absolute atomic E-state index is 0.198. The lowest BCUT2D eigenvalue weighted by Gasteiger charge is -2.16. The van der Waals surface area contributed by atoms with E-state index in [9.17, 15) is 9.59 Å². The van der Waals surface area contributed by atoms with E-state index in [1.165, 1.54) is 25.6 Å². The van der Waals surface area contributed by atoms with E-state index in [1.54, 1.807) is 6.07 Å². The first kappa shape index (κ1) is 24.7. The third-order valence-electron chi connectivity index (χ3n) is 5.05. The van der Waals surface area contributed by atoms with Gasteiger partial charge in [-0.2, -0.15) is 0 Å². The van der Waals surface area contributed by atoms with Crippen LogP contribution in [0.1, 0.15) is 38.5 Å². The maximum atomic E-state index is 12.4. The molecule has 0 saturated heterocycles. The fourth-order valence-corrected chi connectivity index (χ4v) is 3.90. The van der Waals surface area contributed by atoms with Crippen LogP contribution in [-0.4, -0.2) is 34.8 Å². The third-order valence-corrected chi connectivity index (χ3v) is 5.62. The molecular formula is C23H25Cl2N3O5. The summed E-state index contributed by atoms with van der Waals surface area (Å²) in [6.07, 6.45) is 7.30. The van der Waals surface area contributed by atoms with Crippen LogP contribution >= 0.6 is 23.2 Å². The molecule has 0 radical (unpaired) electrons. The number of carbonyl (C=O) groups is 1. The molecule has 0 aliphatic carbocycles. The molecule has 3 rings (SSSR count). The monoisotopic (exact) mass is 493 g/mol. The molecule has 0 aliphatic rings. The summed E-state index contributed by atoms with van der Waals surface area (Å²) >= 11 is 12.5. The van der Waals surface area contributed by atoms with Crippen molar-refractivity contribution in [3.8, 4) is 11.5 Å². The van der Waals surface area contributed by atoms with Crippen molar-refractivity contribution in [3.63, 3.8) is 0 Å². The predicted molar refractivity (Wildman–Crippen MR) is 129 cm³/mol. The highest BCUT2D eigenvalue weighted by atomic mass is 35.5. The second-order valence-electron chi connectivity index (χ2n) is 7.43. The second-order valence-corrected chi connectivity index (χ2v) is 8.24. The van der Waals surface area contributed by atoms with Crippen molar-refractivity contribution in [2.75, 3.05) is 19.0 Å². The van der Waals surface area contributed by atoms with E-state index in [0.717, 1.165) is 25.7 Å². The van der Waals surface area contributed by atoms with Crippen LogP contribution < -0.4 is 20.3 Å². The molecule has 0 saturated carbocycles. The number of methoxy groups -OCH3 is 1. The second kappa shape index (κ2) is 11.8. The minimum Gasteiger partial charge on any atom is -0.493 e. The fraction of sp³-hybridized carbons (Fsp3) is 0.348. The van der Waals surface area contributed by atoms with Crippen LogP contribution in [0.2, 0.25) is 10.0 Å². The first-order chi connectivity index (χ1) is 15.9. The van der Waals surface area contributed by atoms with E-state index in [4.69, 9.17) is 37.8 Å². The number of carboxylic acid groups (broad SMARTS) is 1. The van der Waals surface area contributed by atoms with Crippen molar-refractivity contribution in [1.29, 1.82) is 0 Å². The number of aliphatic carboxylic acids is 1. The van der Waals surface area contributed by atoms with Crippen LogP contribution in [0.4, 0.5) is 11.4 Å². The molecule has 10 heteroatoms. The number of halogens is 2. The average Bonchev–Trinajstić information content (AvgIpc) is 2.77. The third kappa shape index (κ3) is 6.52. The number of aromatic amines is 1. The lowest BCUT2D eigenvalue weighted by molar-refractivity contribution is -0.137. The maximum absolute atomic E-state index is 12.4. The molecule has 176 valence electrons. The van der Waals surface area contributed by atoms with E-state index < -0.39 is 5.97 Å². The number of hydrogen-bond donors (Lipinski definition) is 3. The summed E-state index contributed by atoms with van der Waals surface area (Å²) in [5.74, 6) is 0.169. The molecule has 0 unspecified atom stereocenters. The molecule has 1 aromatic carbocycles. The Labute approximate surface area is 200 Å². The first-order valence-electron chi connectivity index (χ1n) is 10.6. The van der Waals surface area contributed by atoms with Gasteiger partial charge >= 0.3 is 5.97 Å². The first-order valence-corrected chi connectivity index (χ1v) is 11.3. The summed E-state index contributed by atoms with van der Waals surface area (Å²) in [6.45, 7) is 0.427. The largest absolute Gasteiger partial charge is 0.493 e. The molecule has 0 spiro atoms. The van der Waals surface area contributed by atoms with Gasteiger partial charge in [-0.25, -0.2) is 0 Å². The summed E-state index contributed by atoms with van der Waals surface area (Å²) < 4.78 is 11.5. The smallest absolute Gasteiger partial charge is 0.303 e. The predicted octanol–water partition coefficient (Wildman–Crippen LogP) is 5.79. The summed E-state index contributed by atoms with van der Waals surface area (Å²) in [7, 11) is 1.53. The average molecular weight is 494 g/mol. The van der Waals surface area contributed by atoms with E-state index in [1.807, 2.05) is 6.07 Å². The van der Waals surface area contributed by atoms with Crippen molar-refractivity contribution in [1.82, 2.24) is 9.97 Å². The number of hydrogen-bond acceptors (Lipinski definition) is 6. The van der Waals surface area contributed by atoms with Crippen LogP contribution in [0.15, 0.2) is 35.4 Å². The summed E-state index contributed by atoms with van der Waals surface area (Å²) in [5, 5.41) is 13.2. The summed E-state index contributed by atoms with van der Waals surface area (Å²) in [6, 6.07) is 5.00. The number of nitrogens with zero attached hydrogens (tertiary/aromatic N) is 1. The highest BCUT2D eigenvalue weighted by Crippen LogP contribution is 2.39. The number of anilines is 2. The molecular weight excluding hydrogens is 469 g/mol. The molecule has 3 N–H and O–H groups in total. The van der Waals surface area contributed by atoms with Crippen molar-refractivity contribution >= 4 is 51.4 Å². The van der Waals surface area contributed by atoms with Crippen molar-refractivity contribution in [2.24, 2.45) is 0 Å². The van der Waals surface area contributed by atoms with Crippen LogP contribution in [0.25, 0.3) is 10.9 Å². The van der Waals surface area contributed by atoms with E-state index in [0.29, 0.717) is 56.8 Å². The Bertz CT molecular complexity index is 1160. The van der Waals surface area contributed by atoms with Gasteiger partial charge in [0.15, 0.2) is 11.5 Å². The normalized spacial score (nSPS) is 10.9. The quantitative estimate of drug-likeness (QED) is 0.273. The van der Waals surface area contributed by atoms with Crippen molar-refractivity contribution in [2.45, 2.75) is 38.5 Å². The van der Waals surface area contributed by atoms with Gasteiger partial charge in [0.05, 0.1) is 40.7 Å². The Hall–Kier alpha value is -2.97. The molecule has 0 atom stereocenters. The zero-order valence-electron chi connectivity index (χ0n) is 18.1. The molecule has 0 fully saturated rings. The maximum Gasteiger partial charge on any atom is 0.303 e. The number of rotatable bonds is 12. The molecule has 0 amide bonds. The number of carboxylic acids is 1. The molecule has 0 aliphatic heterocycles. The SMILES string of the molecule is COc1ccc2c(Nc3c(Cl)cncc3Cl)cc(=O)[nH]c2c1OCCCCCCCC(=O)O. The van der Waals surface area contributed by atoms with Crippen molar-refractivity contribution in [3.05, 3.63) is 51.0 Å². The molecule has 8 nitrogen and oxygen atoms in total. The number of H-pyrrole nitrogens is 1. The van der Waals surface area contributed by atoms with Crippen molar-refractivity contribution < 1.29 is 19.4 Å². The topological polar surface area (TPSA) is 114 Å². The van der Waals surface area contributed by atoms with Gasteiger partial charge in [0, 0.05) is 30.3 Å². The van der Waals surface area contributed by atoms with Crippen LogP contribution in [-0.2, 0) is 4.79 Å². The number of fused-ring (bicyclic) bond motifs is 1.